The molecule has 2 aromatic heterocycles. The van der Waals surface area contributed by atoms with Gasteiger partial charge in [-0.05, 0) is 66.6 Å². The van der Waals surface area contributed by atoms with Crippen molar-refractivity contribution in [1.82, 2.24) is 9.55 Å². The molecule has 31 heavy (non-hydrogen) atoms. The van der Waals surface area contributed by atoms with Crippen molar-refractivity contribution in [2.24, 2.45) is 0 Å². The van der Waals surface area contributed by atoms with Crippen molar-refractivity contribution < 1.29 is 9.53 Å². The van der Waals surface area contributed by atoms with Gasteiger partial charge in [0.05, 0.1) is 7.11 Å². The molecule has 1 saturated carbocycles. The smallest absolute Gasteiger partial charge is 0.341 e. The van der Waals surface area contributed by atoms with Crippen molar-refractivity contribution >= 4 is 28.4 Å². The third kappa shape index (κ3) is 3.79. The van der Waals surface area contributed by atoms with E-state index >= 15 is 0 Å². The molecule has 1 aliphatic rings. The van der Waals surface area contributed by atoms with Crippen LogP contribution in [-0.4, -0.2) is 22.6 Å². The Bertz CT molecular complexity index is 1260. The van der Waals surface area contributed by atoms with Gasteiger partial charge in [-0.2, -0.15) is 0 Å². The maximum absolute atomic E-state index is 12.4. The highest BCUT2D eigenvalue weighted by Gasteiger charge is 2.26. The molecular formula is C26H25N3O2. The van der Waals surface area contributed by atoms with E-state index in [-0.39, 0.29) is 5.97 Å². The third-order valence-electron chi connectivity index (χ3n) is 6.03. The van der Waals surface area contributed by atoms with Crippen LogP contribution in [0.1, 0.15) is 45.8 Å². The molecule has 0 unspecified atom stereocenters. The Morgan fingerprint density at radius 3 is 2.71 bits per heavy atom. The number of esters is 1. The molecular weight excluding hydrogens is 386 g/mol. The van der Waals surface area contributed by atoms with Crippen LogP contribution in [0.4, 0.5) is 11.5 Å². The van der Waals surface area contributed by atoms with Crippen LogP contribution in [0.15, 0.2) is 67.0 Å². The molecule has 1 N–H and O–H groups in total. The molecule has 0 atom stereocenters. The summed E-state index contributed by atoms with van der Waals surface area (Å²) in [7, 11) is 1.41. The monoisotopic (exact) mass is 411 g/mol. The van der Waals surface area contributed by atoms with E-state index in [1.165, 1.54) is 23.6 Å². The largest absolute Gasteiger partial charge is 0.465 e. The van der Waals surface area contributed by atoms with Gasteiger partial charge in [-0.15, -0.1) is 0 Å². The van der Waals surface area contributed by atoms with Gasteiger partial charge in [0, 0.05) is 35.5 Å². The molecule has 0 bridgehead atoms. The molecule has 5 rings (SSSR count). The number of nitrogens with one attached hydrogen (secondary N) is 1. The predicted molar refractivity (Wildman–Crippen MR) is 123 cm³/mol. The first-order valence-electron chi connectivity index (χ1n) is 10.6. The number of rotatable bonds is 6. The van der Waals surface area contributed by atoms with Crippen molar-refractivity contribution in [2.75, 3.05) is 12.4 Å². The van der Waals surface area contributed by atoms with Gasteiger partial charge in [-0.1, -0.05) is 30.3 Å². The average Bonchev–Trinajstić information content (AvgIpc) is 3.57. The minimum atomic E-state index is -0.370. The van der Waals surface area contributed by atoms with Gasteiger partial charge in [0.1, 0.15) is 11.4 Å². The maximum Gasteiger partial charge on any atom is 0.341 e. The van der Waals surface area contributed by atoms with Crippen LogP contribution in [0.5, 0.6) is 0 Å². The number of ether oxygens (including phenoxy) is 1. The minimum absolute atomic E-state index is 0.370. The van der Waals surface area contributed by atoms with Gasteiger partial charge in [-0.25, -0.2) is 9.78 Å². The Kier molecular flexibility index (Phi) is 4.94. The minimum Gasteiger partial charge on any atom is -0.465 e. The van der Waals surface area contributed by atoms with Crippen molar-refractivity contribution in [3.63, 3.8) is 0 Å². The van der Waals surface area contributed by atoms with Crippen LogP contribution in [0.3, 0.4) is 0 Å². The van der Waals surface area contributed by atoms with Crippen LogP contribution >= 0.6 is 0 Å². The summed E-state index contributed by atoms with van der Waals surface area (Å²) in [5, 5.41) is 4.55. The van der Waals surface area contributed by atoms with Crippen LogP contribution in [0.2, 0.25) is 0 Å². The van der Waals surface area contributed by atoms with E-state index in [9.17, 15) is 4.79 Å². The zero-order valence-corrected chi connectivity index (χ0v) is 17.8. The first kappa shape index (κ1) is 19.4. The van der Waals surface area contributed by atoms with E-state index in [4.69, 9.17) is 4.74 Å². The van der Waals surface area contributed by atoms with Crippen molar-refractivity contribution in [3.8, 4) is 0 Å². The number of aryl methyl sites for hydroxylation is 1. The fourth-order valence-electron chi connectivity index (χ4n) is 4.09. The van der Waals surface area contributed by atoms with E-state index in [2.05, 4.69) is 70.5 Å². The van der Waals surface area contributed by atoms with Crippen LogP contribution in [0, 0.1) is 6.92 Å². The predicted octanol–water partition coefficient (Wildman–Crippen LogP) is 5.80. The van der Waals surface area contributed by atoms with Gasteiger partial charge in [-0.3, -0.25) is 0 Å². The van der Waals surface area contributed by atoms with E-state index in [0.717, 1.165) is 36.2 Å². The van der Waals surface area contributed by atoms with Crippen molar-refractivity contribution in [3.05, 3.63) is 89.2 Å². The first-order valence-corrected chi connectivity index (χ1v) is 10.6. The highest BCUT2D eigenvalue weighted by molar-refractivity contribution is 5.96. The molecule has 0 saturated heterocycles. The van der Waals surface area contributed by atoms with Gasteiger partial charge in [0.2, 0.25) is 0 Å². The molecule has 1 aliphatic carbocycles. The van der Waals surface area contributed by atoms with Crippen LogP contribution < -0.4 is 5.32 Å². The molecule has 0 aliphatic heterocycles. The summed E-state index contributed by atoms with van der Waals surface area (Å²) in [6, 6.07) is 18.7. The topological polar surface area (TPSA) is 56.1 Å². The third-order valence-corrected chi connectivity index (χ3v) is 6.03. The van der Waals surface area contributed by atoms with E-state index in [1.807, 2.05) is 18.3 Å². The van der Waals surface area contributed by atoms with E-state index < -0.39 is 0 Å². The molecule has 5 heteroatoms. The van der Waals surface area contributed by atoms with Crippen LogP contribution in [0.25, 0.3) is 10.9 Å². The second-order valence-electron chi connectivity index (χ2n) is 8.16. The molecule has 1 fully saturated rings. The second-order valence-corrected chi connectivity index (χ2v) is 8.16. The number of pyridine rings is 1. The molecule has 0 radical (unpaired) electrons. The Hall–Kier alpha value is -3.60. The molecule has 2 aromatic carbocycles. The van der Waals surface area contributed by atoms with Gasteiger partial charge >= 0.3 is 5.97 Å². The number of carbonyl (C=O) groups is 1. The van der Waals surface area contributed by atoms with Crippen LogP contribution in [-0.2, 0) is 11.3 Å². The normalized spacial score (nSPS) is 13.4. The summed E-state index contributed by atoms with van der Waals surface area (Å²) in [4.78, 5) is 17.0. The van der Waals surface area contributed by atoms with Gasteiger partial charge < -0.3 is 14.6 Å². The van der Waals surface area contributed by atoms with Gasteiger partial charge in [0.25, 0.3) is 0 Å². The molecule has 0 amide bonds. The highest BCUT2D eigenvalue weighted by atomic mass is 16.5. The Morgan fingerprint density at radius 2 is 1.97 bits per heavy atom. The van der Waals surface area contributed by atoms with Crippen molar-refractivity contribution in [1.29, 1.82) is 0 Å². The molecule has 156 valence electrons. The number of nitrogens with zero attached hydrogens (tertiary/aromatic N) is 2. The number of aromatic nitrogens is 2. The Balaban J connectivity index is 1.47. The lowest BCUT2D eigenvalue weighted by molar-refractivity contribution is 0.0601. The summed E-state index contributed by atoms with van der Waals surface area (Å²) < 4.78 is 7.26. The summed E-state index contributed by atoms with van der Waals surface area (Å²) in [5.74, 6) is 0.681. The van der Waals surface area contributed by atoms with Crippen molar-refractivity contribution in [2.45, 2.75) is 32.2 Å². The number of fused-ring (bicyclic) bond motifs is 1. The number of carbonyl (C=O) groups excluding carboxylic acids is 1. The summed E-state index contributed by atoms with van der Waals surface area (Å²) in [5.41, 5.74) is 6.08. The molecule has 4 aromatic rings. The Morgan fingerprint density at radius 1 is 1.16 bits per heavy atom. The Labute approximate surface area is 181 Å². The fraction of sp³-hybridized carbons (Fsp3) is 0.231. The summed E-state index contributed by atoms with van der Waals surface area (Å²) in [6.07, 6.45) is 6.31. The molecule has 2 heterocycles. The fourth-order valence-corrected chi connectivity index (χ4v) is 4.09. The zero-order valence-electron chi connectivity index (χ0n) is 17.8. The summed E-state index contributed by atoms with van der Waals surface area (Å²) >= 11 is 0. The number of benzene rings is 2. The quantitative estimate of drug-likeness (QED) is 0.407. The lowest BCUT2D eigenvalue weighted by atomic mass is 10.1. The lowest BCUT2D eigenvalue weighted by Crippen LogP contribution is -2.09. The summed E-state index contributed by atoms with van der Waals surface area (Å²) in [6.45, 7) is 2.92. The number of methoxy groups -OCH3 is 1. The molecule has 0 spiro atoms. The number of hydrogen-bond donors (Lipinski definition) is 1. The lowest BCUT2D eigenvalue weighted by Gasteiger charge is -2.14. The van der Waals surface area contributed by atoms with Gasteiger partial charge in [0.15, 0.2) is 0 Å². The number of anilines is 2. The van der Waals surface area contributed by atoms with E-state index in [0.29, 0.717) is 17.3 Å². The maximum atomic E-state index is 12.4. The molecule has 5 nitrogen and oxygen atoms in total. The number of hydrogen-bond acceptors (Lipinski definition) is 4. The first-order chi connectivity index (χ1) is 15.1. The standard InChI is InChI=1S/C26H25N3O2/c1-17-21-12-13-29(16-18-6-4-3-5-7-18)24(21)11-10-23(17)28-25-22(26(30)31-2)14-20(15-27-25)19-8-9-19/h3-7,10-15,19H,8-9,16H2,1-2H3,(H,27,28). The average molecular weight is 412 g/mol. The highest BCUT2D eigenvalue weighted by Crippen LogP contribution is 2.41. The van der Waals surface area contributed by atoms with E-state index in [1.54, 1.807) is 0 Å². The zero-order chi connectivity index (χ0) is 21.4. The SMILES string of the molecule is COC(=O)c1cc(C2CC2)cnc1Nc1ccc2c(ccn2Cc2ccccc2)c1C. The second kappa shape index (κ2) is 7.91.